The van der Waals surface area contributed by atoms with Crippen LogP contribution >= 0.6 is 0 Å². The Morgan fingerprint density at radius 3 is 2.50 bits per heavy atom. The van der Waals surface area contributed by atoms with Crippen molar-refractivity contribution in [3.63, 3.8) is 0 Å². The number of hydrogen-bond donors (Lipinski definition) is 1. The number of aromatic carboxylic acids is 1. The molecule has 0 bridgehead atoms. The molecule has 0 saturated carbocycles. The van der Waals surface area contributed by atoms with Crippen LogP contribution in [0.4, 0.5) is 0 Å². The molecule has 0 fully saturated rings. The van der Waals surface area contributed by atoms with Crippen molar-refractivity contribution in [2.45, 2.75) is 6.61 Å². The van der Waals surface area contributed by atoms with Gasteiger partial charge in [-0.25, -0.2) is 4.79 Å². The number of aldehydes is 1. The summed E-state index contributed by atoms with van der Waals surface area (Å²) >= 11 is 0. The normalized spacial score (nSPS) is 9.71. The quantitative estimate of drug-likeness (QED) is 0.563. The van der Waals surface area contributed by atoms with E-state index in [1.807, 2.05) is 0 Å². The molecule has 1 aromatic carbocycles. The molecule has 1 aromatic rings. The molecule has 4 heteroatoms. The highest BCUT2D eigenvalue weighted by Crippen LogP contribution is 2.05. The average molecular weight is 194 g/mol. The van der Waals surface area contributed by atoms with Gasteiger partial charge >= 0.3 is 5.97 Å². The Morgan fingerprint density at radius 2 is 2.00 bits per heavy atom. The maximum absolute atomic E-state index is 10.5. The van der Waals surface area contributed by atoms with Crippen LogP contribution in [-0.4, -0.2) is 24.0 Å². The van der Waals surface area contributed by atoms with Crippen LogP contribution in [0.3, 0.4) is 0 Å². The largest absolute Gasteiger partial charge is 0.478 e. The molecule has 4 nitrogen and oxygen atoms in total. The third kappa shape index (κ3) is 2.99. The van der Waals surface area contributed by atoms with Crippen molar-refractivity contribution < 1.29 is 19.4 Å². The van der Waals surface area contributed by atoms with Crippen LogP contribution in [-0.2, 0) is 16.1 Å². The van der Waals surface area contributed by atoms with Gasteiger partial charge in [0.25, 0.3) is 0 Å². The minimum atomic E-state index is -0.953. The first-order valence-corrected chi connectivity index (χ1v) is 4.07. The van der Waals surface area contributed by atoms with Gasteiger partial charge in [0.05, 0.1) is 12.2 Å². The molecule has 0 atom stereocenters. The van der Waals surface area contributed by atoms with Gasteiger partial charge in [-0.05, 0) is 17.7 Å². The summed E-state index contributed by atoms with van der Waals surface area (Å²) in [5.41, 5.74) is 1.08. The van der Waals surface area contributed by atoms with Crippen LogP contribution in [0.2, 0.25) is 0 Å². The molecule has 1 rings (SSSR count). The third-order valence-corrected chi connectivity index (χ3v) is 1.66. The lowest BCUT2D eigenvalue weighted by atomic mass is 10.1. The smallest absolute Gasteiger partial charge is 0.335 e. The molecular weight excluding hydrogens is 184 g/mol. The van der Waals surface area contributed by atoms with Gasteiger partial charge in [-0.2, -0.15) is 0 Å². The van der Waals surface area contributed by atoms with Crippen molar-refractivity contribution in [3.05, 3.63) is 35.4 Å². The van der Waals surface area contributed by atoms with Crippen LogP contribution in [0, 0.1) is 0 Å². The van der Waals surface area contributed by atoms with Crippen LogP contribution in [0.5, 0.6) is 0 Å². The summed E-state index contributed by atoms with van der Waals surface area (Å²) in [5, 5.41) is 8.61. The van der Waals surface area contributed by atoms with E-state index < -0.39 is 5.97 Å². The minimum absolute atomic E-state index is 0.0562. The predicted molar refractivity (Wildman–Crippen MR) is 49.1 cm³/mol. The Kier molecular flexibility index (Phi) is 3.82. The molecule has 14 heavy (non-hydrogen) atoms. The number of carboxylic acids is 1. The Labute approximate surface area is 81.1 Å². The molecule has 74 valence electrons. The molecule has 0 radical (unpaired) electrons. The maximum atomic E-state index is 10.5. The zero-order chi connectivity index (χ0) is 10.4. The molecule has 0 aliphatic carbocycles. The van der Waals surface area contributed by atoms with Crippen molar-refractivity contribution in [2.75, 3.05) is 6.61 Å². The highest BCUT2D eigenvalue weighted by atomic mass is 16.5. The number of rotatable bonds is 5. The van der Waals surface area contributed by atoms with E-state index in [1.165, 1.54) is 12.1 Å². The van der Waals surface area contributed by atoms with E-state index in [0.29, 0.717) is 12.9 Å². The van der Waals surface area contributed by atoms with E-state index in [0.717, 1.165) is 5.56 Å². The molecule has 0 amide bonds. The zero-order valence-corrected chi connectivity index (χ0v) is 7.47. The average Bonchev–Trinajstić information content (AvgIpc) is 2.19. The van der Waals surface area contributed by atoms with E-state index >= 15 is 0 Å². The lowest BCUT2D eigenvalue weighted by Gasteiger charge is -2.00. The number of ether oxygens (including phenoxy) is 1. The fourth-order valence-electron chi connectivity index (χ4n) is 0.968. The lowest BCUT2D eigenvalue weighted by molar-refractivity contribution is -0.112. The van der Waals surface area contributed by atoms with E-state index in [2.05, 4.69) is 0 Å². The molecular formula is C10H10O4. The first kappa shape index (κ1) is 10.4. The summed E-state index contributed by atoms with van der Waals surface area (Å²) in [5.74, 6) is -0.953. The number of hydrogen-bond acceptors (Lipinski definition) is 3. The van der Waals surface area contributed by atoms with Gasteiger partial charge in [-0.1, -0.05) is 12.1 Å². The van der Waals surface area contributed by atoms with E-state index in [9.17, 15) is 9.59 Å². The van der Waals surface area contributed by atoms with Crippen molar-refractivity contribution >= 4 is 12.3 Å². The summed E-state index contributed by atoms with van der Waals surface area (Å²) in [4.78, 5) is 20.4. The van der Waals surface area contributed by atoms with Gasteiger partial charge in [0, 0.05) is 0 Å². The van der Waals surface area contributed by atoms with Crippen molar-refractivity contribution in [1.29, 1.82) is 0 Å². The van der Waals surface area contributed by atoms with Crippen LogP contribution in [0.1, 0.15) is 15.9 Å². The van der Waals surface area contributed by atoms with Gasteiger partial charge in [-0.3, -0.25) is 0 Å². The second kappa shape index (κ2) is 5.14. The Bertz CT molecular complexity index is 315. The second-order valence-electron chi connectivity index (χ2n) is 2.68. The summed E-state index contributed by atoms with van der Waals surface area (Å²) in [6, 6.07) is 6.33. The number of benzene rings is 1. The van der Waals surface area contributed by atoms with Gasteiger partial charge in [0.2, 0.25) is 0 Å². The minimum Gasteiger partial charge on any atom is -0.478 e. The molecule has 0 unspecified atom stereocenters. The molecule has 0 spiro atoms. The van der Waals surface area contributed by atoms with Crippen molar-refractivity contribution in [2.24, 2.45) is 0 Å². The monoisotopic (exact) mass is 194 g/mol. The molecule has 1 N–H and O–H groups in total. The Balaban J connectivity index is 2.55. The van der Waals surface area contributed by atoms with E-state index in [4.69, 9.17) is 9.84 Å². The SMILES string of the molecule is O=CCOCc1ccc(C(=O)O)cc1. The van der Waals surface area contributed by atoms with Crippen molar-refractivity contribution in [1.82, 2.24) is 0 Å². The second-order valence-corrected chi connectivity index (χ2v) is 2.68. The maximum Gasteiger partial charge on any atom is 0.335 e. The Morgan fingerprint density at radius 1 is 1.36 bits per heavy atom. The van der Waals surface area contributed by atoms with E-state index in [-0.39, 0.29) is 12.2 Å². The first-order chi connectivity index (χ1) is 6.74. The molecule has 0 aliphatic heterocycles. The summed E-state index contributed by atoms with van der Waals surface area (Å²) in [7, 11) is 0. The van der Waals surface area contributed by atoms with Crippen LogP contribution in [0.25, 0.3) is 0 Å². The molecule has 0 aromatic heterocycles. The van der Waals surface area contributed by atoms with Gasteiger partial charge in [0.1, 0.15) is 12.9 Å². The molecule has 0 heterocycles. The van der Waals surface area contributed by atoms with E-state index in [1.54, 1.807) is 12.1 Å². The highest BCUT2D eigenvalue weighted by molar-refractivity contribution is 5.87. The standard InChI is InChI=1S/C10H10O4/c11-5-6-14-7-8-1-3-9(4-2-8)10(12)13/h1-5H,6-7H2,(H,12,13). The third-order valence-electron chi connectivity index (χ3n) is 1.66. The first-order valence-electron chi connectivity index (χ1n) is 4.07. The van der Waals surface area contributed by atoms with Crippen LogP contribution in [0.15, 0.2) is 24.3 Å². The number of carbonyl (C=O) groups is 2. The Hall–Kier alpha value is -1.68. The summed E-state index contributed by atoms with van der Waals surface area (Å²) in [6.07, 6.45) is 0.672. The van der Waals surface area contributed by atoms with Gasteiger partial charge in [-0.15, -0.1) is 0 Å². The lowest BCUT2D eigenvalue weighted by Crippen LogP contribution is -1.98. The fourth-order valence-corrected chi connectivity index (χ4v) is 0.968. The van der Waals surface area contributed by atoms with Crippen LogP contribution < -0.4 is 0 Å². The summed E-state index contributed by atoms with van der Waals surface area (Å²) < 4.78 is 4.95. The van der Waals surface area contributed by atoms with Gasteiger partial charge < -0.3 is 14.6 Å². The van der Waals surface area contributed by atoms with Gasteiger partial charge in [0.15, 0.2) is 0 Å². The summed E-state index contributed by atoms with van der Waals surface area (Å²) in [6.45, 7) is 0.374. The topological polar surface area (TPSA) is 63.6 Å². The van der Waals surface area contributed by atoms with Crippen molar-refractivity contribution in [3.8, 4) is 0 Å². The molecule has 0 saturated heterocycles. The highest BCUT2D eigenvalue weighted by Gasteiger charge is 2.01. The molecule has 0 aliphatic rings. The zero-order valence-electron chi connectivity index (χ0n) is 7.47. The number of carbonyl (C=O) groups excluding carboxylic acids is 1. The number of carboxylic acid groups (broad SMARTS) is 1. The predicted octanol–water partition coefficient (Wildman–Crippen LogP) is 1.10. The fraction of sp³-hybridized carbons (Fsp3) is 0.200.